The van der Waals surface area contributed by atoms with Gasteiger partial charge in [-0.3, -0.25) is 0 Å². The van der Waals surface area contributed by atoms with E-state index in [2.05, 4.69) is 21.4 Å². The molecule has 11 nitrogen and oxygen atoms in total. The molecule has 0 aliphatic carbocycles. The highest BCUT2D eigenvalue weighted by Gasteiger charge is 2.37. The van der Waals surface area contributed by atoms with Gasteiger partial charge in [-0.25, -0.2) is 16.7 Å². The van der Waals surface area contributed by atoms with E-state index in [0.29, 0.717) is 0 Å². The van der Waals surface area contributed by atoms with Crippen molar-refractivity contribution < 1.29 is 60.7 Å². The summed E-state index contributed by atoms with van der Waals surface area (Å²) in [4.78, 5) is 0. The van der Waals surface area contributed by atoms with Gasteiger partial charge in [-0.15, -0.1) is 0 Å². The number of alkyl halides is 3. The smallest absolute Gasteiger partial charge is 0.383 e. The third kappa shape index (κ3) is 7.71. The van der Waals surface area contributed by atoms with Crippen molar-refractivity contribution in [3.8, 4) is 0 Å². The lowest BCUT2D eigenvalue weighted by Gasteiger charge is -2.17. The van der Waals surface area contributed by atoms with Crippen molar-refractivity contribution in [2.45, 2.75) is 18.4 Å². The van der Waals surface area contributed by atoms with Crippen LogP contribution < -0.4 is 0 Å². The van der Waals surface area contributed by atoms with E-state index in [4.69, 9.17) is 9.31 Å². The zero-order chi connectivity index (χ0) is 18.7. The minimum Gasteiger partial charge on any atom is -0.383 e. The zero-order valence-electron chi connectivity index (χ0n) is 12.2. The summed E-state index contributed by atoms with van der Waals surface area (Å²) in [7, 11) is -10.2. The Morgan fingerprint density at radius 3 is 1.64 bits per heavy atom. The molecule has 2 aliphatic heterocycles. The van der Waals surface area contributed by atoms with Gasteiger partial charge in [-0.2, -0.15) is 30.0 Å². The van der Waals surface area contributed by atoms with E-state index in [1.54, 1.807) is 0 Å². The molecule has 2 saturated heterocycles. The molecular formula is C8H12BF3O11S2. The van der Waals surface area contributed by atoms with Crippen molar-refractivity contribution >= 4 is 28.1 Å². The number of rotatable bonds is 8. The van der Waals surface area contributed by atoms with Crippen molar-refractivity contribution in [2.75, 3.05) is 33.0 Å². The zero-order valence-corrected chi connectivity index (χ0v) is 13.8. The van der Waals surface area contributed by atoms with Gasteiger partial charge in [0.05, 0.1) is 26.4 Å². The third-order valence-electron chi connectivity index (χ3n) is 2.52. The lowest BCUT2D eigenvalue weighted by atomic mass is 10.2. The molecule has 0 radical (unpaired) electrons. The molecule has 2 atom stereocenters. The maximum Gasteiger partial charge on any atom is 0.639 e. The Morgan fingerprint density at radius 2 is 1.32 bits per heavy atom. The van der Waals surface area contributed by atoms with E-state index in [1.807, 2.05) is 0 Å². The first-order valence-corrected chi connectivity index (χ1v) is 9.18. The molecule has 25 heavy (non-hydrogen) atoms. The minimum atomic E-state index is -4.68. The van der Waals surface area contributed by atoms with E-state index in [9.17, 15) is 30.0 Å². The molecule has 0 spiro atoms. The van der Waals surface area contributed by atoms with Crippen LogP contribution in [0.5, 0.6) is 0 Å². The van der Waals surface area contributed by atoms with E-state index < -0.39 is 79.5 Å². The lowest BCUT2D eigenvalue weighted by Crippen LogP contribution is -2.37. The first-order chi connectivity index (χ1) is 11.4. The Bertz CT molecular complexity index is 603. The molecule has 0 aromatic carbocycles. The fourth-order valence-corrected chi connectivity index (χ4v) is 3.23. The van der Waals surface area contributed by atoms with Gasteiger partial charge in [0.15, 0.2) is 0 Å². The molecule has 2 unspecified atom stereocenters. The highest BCUT2D eigenvalue weighted by atomic mass is 32.3. The Balaban J connectivity index is 1.82. The van der Waals surface area contributed by atoms with E-state index >= 15 is 0 Å². The molecule has 0 aromatic heterocycles. The molecule has 17 heteroatoms. The quantitative estimate of drug-likeness (QED) is 0.447. The predicted octanol–water partition coefficient (Wildman–Crippen LogP) is -1.10. The van der Waals surface area contributed by atoms with Crippen LogP contribution in [0.15, 0.2) is 0 Å². The molecular weight excluding hydrogens is 404 g/mol. The molecule has 146 valence electrons. The van der Waals surface area contributed by atoms with Crippen molar-refractivity contribution in [3.63, 3.8) is 0 Å². The molecule has 2 heterocycles. The number of halogens is 3. The molecule has 2 fully saturated rings. The summed E-state index contributed by atoms with van der Waals surface area (Å²) >= 11 is 0. The Morgan fingerprint density at radius 1 is 0.880 bits per heavy atom. The van der Waals surface area contributed by atoms with Crippen LogP contribution in [0.2, 0.25) is 0 Å². The number of hydrogen-bond donors (Lipinski definition) is 0. The van der Waals surface area contributed by atoms with Crippen molar-refractivity contribution in [1.29, 1.82) is 0 Å². The predicted molar refractivity (Wildman–Crippen MR) is 69.2 cm³/mol. The topological polar surface area (TPSA) is 133 Å². The summed E-state index contributed by atoms with van der Waals surface area (Å²) in [6.45, 7) is -3.57. The number of hydrogen-bond acceptors (Lipinski definition) is 11. The van der Waals surface area contributed by atoms with Crippen LogP contribution in [-0.2, 0) is 51.5 Å². The van der Waals surface area contributed by atoms with Gasteiger partial charge in [-0.1, -0.05) is 0 Å². The van der Waals surface area contributed by atoms with Crippen LogP contribution in [0, 0.1) is 0 Å². The first-order valence-electron chi connectivity index (χ1n) is 6.51. The molecule has 0 saturated carbocycles. The average Bonchev–Trinajstić information content (AvgIpc) is 2.98. The Hall–Kier alpha value is -0.525. The highest BCUT2D eigenvalue weighted by Crippen LogP contribution is 2.18. The molecule has 0 aromatic rings. The minimum absolute atomic E-state index is 0.397. The van der Waals surface area contributed by atoms with Gasteiger partial charge >= 0.3 is 34.3 Å². The molecule has 0 N–H and O–H groups in total. The largest absolute Gasteiger partial charge is 0.639 e. The molecule has 0 amide bonds. The van der Waals surface area contributed by atoms with Crippen LogP contribution in [0.4, 0.5) is 13.2 Å². The summed E-state index contributed by atoms with van der Waals surface area (Å²) in [5, 5.41) is 0. The lowest BCUT2D eigenvalue weighted by molar-refractivity contribution is -0.162. The molecule has 0 bridgehead atoms. The van der Waals surface area contributed by atoms with Gasteiger partial charge < -0.3 is 14.0 Å². The standard InChI is InChI=1S/C8H12BF3O11S2/c10-8(11,12)5-19-9(17-1-6-3-20-24(13,14)22-6)18-2-7-4-21-25(15,16)23-7/h6-7H,1-5H2. The maximum absolute atomic E-state index is 12.2. The van der Waals surface area contributed by atoms with Crippen LogP contribution >= 0.6 is 0 Å². The van der Waals surface area contributed by atoms with Crippen LogP contribution in [0.1, 0.15) is 0 Å². The molecule has 2 aliphatic rings. The summed E-state index contributed by atoms with van der Waals surface area (Å²) < 4.78 is 112. The van der Waals surface area contributed by atoms with Crippen LogP contribution in [0.3, 0.4) is 0 Å². The van der Waals surface area contributed by atoms with Crippen LogP contribution in [0.25, 0.3) is 0 Å². The Kier molecular flexibility index (Phi) is 6.66. The van der Waals surface area contributed by atoms with Crippen LogP contribution in [-0.4, -0.2) is 75.6 Å². The second kappa shape index (κ2) is 8.01. The fraction of sp³-hybridized carbons (Fsp3) is 1.00. The van der Waals surface area contributed by atoms with Gasteiger partial charge in [0.2, 0.25) is 0 Å². The summed E-state index contributed by atoms with van der Waals surface area (Å²) in [5.74, 6) is 0. The monoisotopic (exact) mass is 416 g/mol. The van der Waals surface area contributed by atoms with Crippen molar-refractivity contribution in [3.05, 3.63) is 0 Å². The average molecular weight is 416 g/mol. The second-order valence-corrected chi connectivity index (χ2v) is 7.19. The van der Waals surface area contributed by atoms with E-state index in [0.717, 1.165) is 0 Å². The second-order valence-electron chi connectivity index (χ2n) is 4.70. The summed E-state index contributed by atoms with van der Waals surface area (Å²) in [5.41, 5.74) is 0. The summed E-state index contributed by atoms with van der Waals surface area (Å²) in [6, 6.07) is 0. The van der Waals surface area contributed by atoms with Gasteiger partial charge in [0.1, 0.15) is 18.8 Å². The van der Waals surface area contributed by atoms with E-state index in [-0.39, 0.29) is 0 Å². The fourth-order valence-electron chi connectivity index (χ4n) is 1.59. The van der Waals surface area contributed by atoms with Crippen molar-refractivity contribution in [2.24, 2.45) is 0 Å². The SMILES string of the molecule is O=S1(=O)OCC(COB(OCC2COS(=O)(=O)O2)OCC(F)(F)F)O1. The van der Waals surface area contributed by atoms with Gasteiger partial charge in [0, 0.05) is 0 Å². The summed E-state index contributed by atoms with van der Waals surface area (Å²) in [6.07, 6.45) is -6.88. The maximum atomic E-state index is 12.2. The Labute approximate surface area is 141 Å². The normalized spacial score (nSPS) is 28.3. The van der Waals surface area contributed by atoms with Gasteiger partial charge in [0.25, 0.3) is 0 Å². The third-order valence-corrected chi connectivity index (χ3v) is 4.39. The highest BCUT2D eigenvalue weighted by molar-refractivity contribution is 7.82. The van der Waals surface area contributed by atoms with E-state index in [1.165, 1.54) is 0 Å². The van der Waals surface area contributed by atoms with Crippen molar-refractivity contribution in [1.82, 2.24) is 0 Å². The first kappa shape index (κ1) is 20.8. The molecule has 2 rings (SSSR count). The van der Waals surface area contributed by atoms with Gasteiger partial charge in [-0.05, 0) is 0 Å².